The molecule has 3 nitrogen and oxygen atoms in total. The highest BCUT2D eigenvalue weighted by molar-refractivity contribution is 7.92. The Bertz CT molecular complexity index is 615. The lowest BCUT2D eigenvalue weighted by Gasteiger charge is -2.26. The van der Waals surface area contributed by atoms with Crippen LogP contribution in [0, 0.1) is 11.2 Å². The number of alkyl halides is 3. The van der Waals surface area contributed by atoms with E-state index in [1.807, 2.05) is 0 Å². The largest absolute Gasteiger partial charge is 0.501 e. The van der Waals surface area contributed by atoms with Crippen LogP contribution in [0.15, 0.2) is 23.1 Å². The lowest BCUT2D eigenvalue weighted by molar-refractivity contribution is -0.0437. The fourth-order valence-electron chi connectivity index (χ4n) is 1.59. The normalized spacial score (nSPS) is 15.0. The zero-order chi connectivity index (χ0) is 16.6. The molecule has 0 bridgehead atoms. The number of sulfone groups is 1. The van der Waals surface area contributed by atoms with Gasteiger partial charge in [0.25, 0.3) is 9.84 Å². The van der Waals surface area contributed by atoms with Crippen LogP contribution < -0.4 is 0 Å². The minimum Gasteiger partial charge on any atom is -0.392 e. The van der Waals surface area contributed by atoms with E-state index in [4.69, 9.17) is 0 Å². The molecule has 0 aliphatic rings. The summed E-state index contributed by atoms with van der Waals surface area (Å²) in [6.45, 7) is 4.96. The smallest absolute Gasteiger partial charge is 0.392 e. The molecular formula is C13H16F4O3S. The standard InChI is InChI=1S/C13H16F4O3S/c1-12(2,3)11(18)6-8-4-5-9(14)7-10(8)21(19,20)13(15,16)17/h4-5,7,11,18H,6H2,1-3H3. The van der Waals surface area contributed by atoms with Crippen molar-refractivity contribution in [2.75, 3.05) is 0 Å². The van der Waals surface area contributed by atoms with E-state index >= 15 is 0 Å². The molecule has 0 radical (unpaired) electrons. The van der Waals surface area contributed by atoms with E-state index in [2.05, 4.69) is 0 Å². The second-order valence-corrected chi connectivity index (χ2v) is 7.70. The summed E-state index contributed by atoms with van der Waals surface area (Å²) in [7, 11) is -5.67. The van der Waals surface area contributed by atoms with Crippen molar-refractivity contribution in [2.24, 2.45) is 5.41 Å². The average molecular weight is 328 g/mol. The molecule has 0 aromatic heterocycles. The fraction of sp³-hybridized carbons (Fsp3) is 0.538. The molecule has 0 saturated heterocycles. The molecule has 0 fully saturated rings. The van der Waals surface area contributed by atoms with E-state index < -0.39 is 37.6 Å². The zero-order valence-electron chi connectivity index (χ0n) is 11.7. The van der Waals surface area contributed by atoms with Gasteiger partial charge in [-0.15, -0.1) is 0 Å². The molecule has 1 unspecified atom stereocenters. The monoisotopic (exact) mass is 328 g/mol. The van der Waals surface area contributed by atoms with E-state index in [1.165, 1.54) is 0 Å². The molecule has 0 aliphatic carbocycles. The van der Waals surface area contributed by atoms with Gasteiger partial charge >= 0.3 is 5.51 Å². The Labute approximate surface area is 120 Å². The van der Waals surface area contributed by atoms with E-state index in [-0.39, 0.29) is 12.0 Å². The van der Waals surface area contributed by atoms with Crippen molar-refractivity contribution in [3.63, 3.8) is 0 Å². The summed E-state index contributed by atoms with van der Waals surface area (Å²) < 4.78 is 74.0. The summed E-state index contributed by atoms with van der Waals surface area (Å²) >= 11 is 0. The number of rotatable bonds is 3. The van der Waals surface area contributed by atoms with E-state index in [0.717, 1.165) is 12.1 Å². The molecule has 0 spiro atoms. The van der Waals surface area contributed by atoms with Gasteiger partial charge in [0.15, 0.2) is 0 Å². The first kappa shape index (κ1) is 17.9. The second-order valence-electron chi connectivity index (χ2n) is 5.79. The number of aliphatic hydroxyl groups excluding tert-OH is 1. The van der Waals surface area contributed by atoms with Crippen molar-refractivity contribution in [1.82, 2.24) is 0 Å². The SMILES string of the molecule is CC(C)(C)C(O)Cc1ccc(F)cc1S(=O)(=O)C(F)(F)F. The Morgan fingerprint density at radius 1 is 1.19 bits per heavy atom. The summed E-state index contributed by atoms with van der Waals surface area (Å²) in [4.78, 5) is -1.15. The molecule has 0 aliphatic heterocycles. The van der Waals surface area contributed by atoms with Crippen LogP contribution in [0.25, 0.3) is 0 Å². The summed E-state index contributed by atoms with van der Waals surface area (Å²) in [5.74, 6) is -1.09. The Balaban J connectivity index is 3.38. The number of hydrogen-bond acceptors (Lipinski definition) is 3. The van der Waals surface area contributed by atoms with Crippen molar-refractivity contribution >= 4 is 9.84 Å². The van der Waals surface area contributed by atoms with Crippen LogP contribution in [0.5, 0.6) is 0 Å². The molecule has 1 aromatic rings. The molecule has 1 atom stereocenters. The maximum Gasteiger partial charge on any atom is 0.501 e. The lowest BCUT2D eigenvalue weighted by Crippen LogP contribution is -2.30. The van der Waals surface area contributed by atoms with E-state index in [1.54, 1.807) is 20.8 Å². The molecule has 120 valence electrons. The van der Waals surface area contributed by atoms with Gasteiger partial charge in [-0.2, -0.15) is 13.2 Å². The zero-order valence-corrected chi connectivity index (χ0v) is 12.5. The van der Waals surface area contributed by atoms with Crippen LogP contribution in [-0.2, 0) is 16.3 Å². The number of benzene rings is 1. The highest BCUT2D eigenvalue weighted by Gasteiger charge is 2.48. The predicted molar refractivity (Wildman–Crippen MR) is 68.8 cm³/mol. The van der Waals surface area contributed by atoms with E-state index in [9.17, 15) is 31.1 Å². The summed E-state index contributed by atoms with van der Waals surface area (Å²) in [6.07, 6.45) is -1.40. The molecule has 0 saturated carbocycles. The van der Waals surface area contributed by atoms with Gasteiger partial charge in [0.05, 0.1) is 11.0 Å². The van der Waals surface area contributed by atoms with Crippen molar-refractivity contribution in [2.45, 2.75) is 43.7 Å². The Morgan fingerprint density at radius 2 is 1.71 bits per heavy atom. The third-order valence-corrected chi connectivity index (χ3v) is 4.60. The van der Waals surface area contributed by atoms with Crippen molar-refractivity contribution in [3.05, 3.63) is 29.6 Å². The predicted octanol–water partition coefficient (Wildman–Crippen LogP) is 3.07. The molecule has 0 heterocycles. The maximum atomic E-state index is 13.1. The van der Waals surface area contributed by atoms with Crippen LogP contribution in [0.2, 0.25) is 0 Å². The first-order chi connectivity index (χ1) is 9.26. The summed E-state index contributed by atoms with van der Waals surface area (Å²) in [5.41, 5.74) is -6.45. The molecule has 0 amide bonds. The van der Waals surface area contributed by atoms with Gasteiger partial charge in [-0.05, 0) is 23.1 Å². The minimum atomic E-state index is -5.67. The average Bonchev–Trinajstić information content (AvgIpc) is 2.28. The highest BCUT2D eigenvalue weighted by Crippen LogP contribution is 2.34. The van der Waals surface area contributed by atoms with Gasteiger partial charge < -0.3 is 5.11 Å². The lowest BCUT2D eigenvalue weighted by atomic mass is 9.85. The summed E-state index contributed by atoms with van der Waals surface area (Å²) in [5, 5.41) is 9.93. The molecule has 21 heavy (non-hydrogen) atoms. The molecule has 8 heteroatoms. The number of aliphatic hydroxyl groups is 1. The van der Waals surface area contributed by atoms with Crippen LogP contribution in [0.3, 0.4) is 0 Å². The van der Waals surface area contributed by atoms with Crippen LogP contribution in [0.4, 0.5) is 17.6 Å². The maximum absolute atomic E-state index is 13.1. The Hall–Kier alpha value is -1.15. The first-order valence-corrected chi connectivity index (χ1v) is 7.53. The van der Waals surface area contributed by atoms with Gasteiger partial charge in [0.1, 0.15) is 5.82 Å². The van der Waals surface area contributed by atoms with Crippen LogP contribution >= 0.6 is 0 Å². The van der Waals surface area contributed by atoms with Gasteiger partial charge in [-0.3, -0.25) is 0 Å². The molecule has 1 aromatic carbocycles. The van der Waals surface area contributed by atoms with Gasteiger partial charge in [0, 0.05) is 6.42 Å². The Kier molecular flexibility index (Phi) is 4.74. The van der Waals surface area contributed by atoms with Gasteiger partial charge in [0.2, 0.25) is 0 Å². The molecular weight excluding hydrogens is 312 g/mol. The van der Waals surface area contributed by atoms with Crippen molar-refractivity contribution < 1.29 is 31.1 Å². The topological polar surface area (TPSA) is 54.4 Å². The van der Waals surface area contributed by atoms with Crippen molar-refractivity contribution in [3.8, 4) is 0 Å². The van der Waals surface area contributed by atoms with E-state index in [0.29, 0.717) is 6.07 Å². The van der Waals surface area contributed by atoms with Crippen molar-refractivity contribution in [1.29, 1.82) is 0 Å². The number of hydrogen-bond donors (Lipinski definition) is 1. The minimum absolute atomic E-state index is 0.267. The quantitative estimate of drug-likeness (QED) is 0.868. The highest BCUT2D eigenvalue weighted by atomic mass is 32.2. The third-order valence-electron chi connectivity index (χ3n) is 3.04. The fourth-order valence-corrected chi connectivity index (χ4v) is 2.60. The second kappa shape index (κ2) is 5.57. The van der Waals surface area contributed by atoms with Crippen LogP contribution in [0.1, 0.15) is 26.3 Å². The van der Waals surface area contributed by atoms with Crippen LogP contribution in [-0.4, -0.2) is 25.1 Å². The summed E-state index contributed by atoms with van der Waals surface area (Å²) in [6, 6.07) is 2.14. The number of halogens is 4. The van der Waals surface area contributed by atoms with Gasteiger partial charge in [-0.25, -0.2) is 12.8 Å². The molecule has 1 rings (SSSR count). The third kappa shape index (κ3) is 3.94. The van der Waals surface area contributed by atoms with Gasteiger partial charge in [-0.1, -0.05) is 26.8 Å². The molecule has 1 N–H and O–H groups in total. The first-order valence-electron chi connectivity index (χ1n) is 6.04. The Morgan fingerprint density at radius 3 is 2.14 bits per heavy atom.